The number of hydrogen-bond acceptors (Lipinski definition) is 4. The molecule has 0 aromatic rings. The molecule has 1 aliphatic carbocycles. The Kier molecular flexibility index (Phi) is 2.63. The van der Waals surface area contributed by atoms with Crippen molar-refractivity contribution in [1.29, 1.82) is 5.26 Å². The molecule has 2 rings (SSSR count). The average molecular weight is 210 g/mol. The first-order valence-electron chi connectivity index (χ1n) is 5.15. The first-order chi connectivity index (χ1) is 7.24. The lowest BCUT2D eigenvalue weighted by atomic mass is 9.80. The van der Waals surface area contributed by atoms with Crippen LogP contribution in [0.2, 0.25) is 0 Å². The van der Waals surface area contributed by atoms with E-state index in [0.717, 1.165) is 0 Å². The van der Waals surface area contributed by atoms with E-state index in [0.29, 0.717) is 45.3 Å². The van der Waals surface area contributed by atoms with Crippen LogP contribution in [0.25, 0.3) is 0 Å². The fourth-order valence-electron chi connectivity index (χ4n) is 2.24. The summed E-state index contributed by atoms with van der Waals surface area (Å²) < 4.78 is 11.1. The fourth-order valence-corrected chi connectivity index (χ4v) is 2.24. The molecule has 5 heteroatoms. The zero-order valence-electron chi connectivity index (χ0n) is 8.49. The number of hydrogen-bond donors (Lipinski definition) is 1. The van der Waals surface area contributed by atoms with Crippen LogP contribution >= 0.6 is 0 Å². The summed E-state index contributed by atoms with van der Waals surface area (Å²) in [5.41, 5.74) is -0.720. The van der Waals surface area contributed by atoms with Gasteiger partial charge in [0.2, 0.25) is 6.41 Å². The van der Waals surface area contributed by atoms with E-state index >= 15 is 0 Å². The predicted octanol–water partition coefficient (Wildman–Crippen LogP) is 0.312. The number of carbonyl (C=O) groups excluding carboxylic acids is 1. The second-order valence-corrected chi connectivity index (χ2v) is 4.06. The molecule has 1 saturated heterocycles. The number of nitrogens with one attached hydrogen (secondary N) is 1. The van der Waals surface area contributed by atoms with E-state index in [9.17, 15) is 4.79 Å². The molecule has 0 aromatic heterocycles. The summed E-state index contributed by atoms with van der Waals surface area (Å²) in [6.45, 7) is 1.25. The molecule has 0 aromatic carbocycles. The minimum atomic E-state index is -0.720. The minimum absolute atomic E-state index is 0.481. The van der Waals surface area contributed by atoms with Gasteiger partial charge in [-0.3, -0.25) is 4.79 Å². The Morgan fingerprint density at radius 3 is 2.27 bits per heavy atom. The van der Waals surface area contributed by atoms with Gasteiger partial charge in [0.05, 0.1) is 19.3 Å². The van der Waals surface area contributed by atoms with Gasteiger partial charge in [-0.2, -0.15) is 5.26 Å². The number of nitriles is 1. The molecule has 82 valence electrons. The molecule has 0 bridgehead atoms. The van der Waals surface area contributed by atoms with Gasteiger partial charge in [-0.05, 0) is 12.8 Å². The molecule has 1 amide bonds. The van der Waals surface area contributed by atoms with Crippen LogP contribution in [0, 0.1) is 11.3 Å². The van der Waals surface area contributed by atoms with Crippen LogP contribution in [-0.4, -0.2) is 30.9 Å². The van der Waals surface area contributed by atoms with E-state index < -0.39 is 11.3 Å². The van der Waals surface area contributed by atoms with Crippen LogP contribution in [-0.2, 0) is 14.3 Å². The number of amides is 1. The molecule has 0 atom stereocenters. The molecule has 2 fully saturated rings. The maximum absolute atomic E-state index is 10.4. The van der Waals surface area contributed by atoms with Crippen molar-refractivity contribution in [3.05, 3.63) is 0 Å². The van der Waals surface area contributed by atoms with Crippen molar-refractivity contribution in [2.45, 2.75) is 37.0 Å². The van der Waals surface area contributed by atoms with Crippen molar-refractivity contribution in [1.82, 2.24) is 5.32 Å². The molecule has 0 unspecified atom stereocenters. The van der Waals surface area contributed by atoms with Crippen molar-refractivity contribution in [3.63, 3.8) is 0 Å². The summed E-state index contributed by atoms with van der Waals surface area (Å²) in [5.74, 6) is -0.481. The topological polar surface area (TPSA) is 71.4 Å². The lowest BCUT2D eigenvalue weighted by Gasteiger charge is -2.39. The Balaban J connectivity index is 2.01. The Morgan fingerprint density at radius 1 is 1.20 bits per heavy atom. The molecule has 5 nitrogen and oxygen atoms in total. The maximum atomic E-state index is 10.4. The van der Waals surface area contributed by atoms with Crippen molar-refractivity contribution in [3.8, 4) is 6.07 Å². The van der Waals surface area contributed by atoms with Gasteiger partial charge in [0.1, 0.15) is 5.54 Å². The molecule has 1 saturated carbocycles. The van der Waals surface area contributed by atoms with Crippen LogP contribution in [0.4, 0.5) is 0 Å². The lowest BCUT2D eigenvalue weighted by molar-refractivity contribution is -0.183. The average Bonchev–Trinajstić information content (AvgIpc) is 2.72. The van der Waals surface area contributed by atoms with Gasteiger partial charge in [0.25, 0.3) is 0 Å². The van der Waals surface area contributed by atoms with Crippen molar-refractivity contribution < 1.29 is 14.3 Å². The number of ether oxygens (including phenoxy) is 2. The van der Waals surface area contributed by atoms with Crippen molar-refractivity contribution >= 4 is 6.41 Å². The molecule has 1 heterocycles. The third kappa shape index (κ3) is 1.83. The van der Waals surface area contributed by atoms with E-state index in [1.54, 1.807) is 0 Å². The second-order valence-electron chi connectivity index (χ2n) is 4.06. The van der Waals surface area contributed by atoms with Crippen LogP contribution in [0.5, 0.6) is 0 Å². The Hall–Kier alpha value is -1.12. The van der Waals surface area contributed by atoms with E-state index in [1.807, 2.05) is 0 Å². The summed E-state index contributed by atoms with van der Waals surface area (Å²) in [7, 11) is 0. The number of carbonyl (C=O) groups is 1. The van der Waals surface area contributed by atoms with Gasteiger partial charge in [-0.15, -0.1) is 0 Å². The molecule has 0 radical (unpaired) electrons. The maximum Gasteiger partial charge on any atom is 0.208 e. The SMILES string of the molecule is N#CC1(NC=O)CCC2(CC1)OCCO2. The van der Waals surface area contributed by atoms with Crippen LogP contribution in [0.15, 0.2) is 0 Å². The van der Waals surface area contributed by atoms with Gasteiger partial charge in [0, 0.05) is 12.8 Å². The first-order valence-corrected chi connectivity index (χ1v) is 5.15. The standard InChI is InChI=1S/C10H14N2O3/c11-7-9(12-8-13)1-3-10(4-2-9)14-5-6-15-10/h8H,1-6H2,(H,12,13). The van der Waals surface area contributed by atoms with Gasteiger partial charge >= 0.3 is 0 Å². The molecular weight excluding hydrogens is 196 g/mol. The monoisotopic (exact) mass is 210 g/mol. The Labute approximate surface area is 88.3 Å². The molecule has 1 N–H and O–H groups in total. The third-order valence-electron chi connectivity index (χ3n) is 3.23. The van der Waals surface area contributed by atoms with E-state index in [2.05, 4.69) is 11.4 Å². The summed E-state index contributed by atoms with van der Waals surface area (Å²) >= 11 is 0. The first kappa shape index (κ1) is 10.4. The highest BCUT2D eigenvalue weighted by Crippen LogP contribution is 2.39. The molecular formula is C10H14N2O3. The quantitative estimate of drug-likeness (QED) is 0.666. The van der Waals surface area contributed by atoms with Crippen molar-refractivity contribution in [2.75, 3.05) is 13.2 Å². The third-order valence-corrected chi connectivity index (χ3v) is 3.23. The summed E-state index contributed by atoms with van der Waals surface area (Å²) in [5, 5.41) is 11.7. The van der Waals surface area contributed by atoms with Gasteiger partial charge in [-0.1, -0.05) is 0 Å². The number of rotatable bonds is 2. The summed E-state index contributed by atoms with van der Waals surface area (Å²) in [4.78, 5) is 10.4. The fraction of sp³-hybridized carbons (Fsp3) is 0.800. The highest BCUT2D eigenvalue weighted by Gasteiger charge is 2.46. The molecule has 2 aliphatic rings. The Bertz CT molecular complexity index is 282. The van der Waals surface area contributed by atoms with E-state index in [4.69, 9.17) is 14.7 Å². The van der Waals surface area contributed by atoms with E-state index in [1.165, 1.54) is 0 Å². The second kappa shape index (κ2) is 3.80. The largest absolute Gasteiger partial charge is 0.348 e. The van der Waals surface area contributed by atoms with Gasteiger partial charge < -0.3 is 14.8 Å². The van der Waals surface area contributed by atoms with Crippen molar-refractivity contribution in [2.24, 2.45) is 0 Å². The van der Waals surface area contributed by atoms with Gasteiger partial charge in [-0.25, -0.2) is 0 Å². The van der Waals surface area contributed by atoms with Crippen LogP contribution < -0.4 is 5.32 Å². The summed E-state index contributed by atoms with van der Waals surface area (Å²) in [6.07, 6.45) is 3.10. The normalized spacial score (nSPS) is 27.1. The zero-order chi connectivity index (χ0) is 10.8. The molecule has 1 spiro atoms. The minimum Gasteiger partial charge on any atom is -0.348 e. The predicted molar refractivity (Wildman–Crippen MR) is 50.6 cm³/mol. The zero-order valence-corrected chi connectivity index (χ0v) is 8.49. The van der Waals surface area contributed by atoms with Crippen LogP contribution in [0.1, 0.15) is 25.7 Å². The van der Waals surface area contributed by atoms with E-state index in [-0.39, 0.29) is 0 Å². The molecule has 15 heavy (non-hydrogen) atoms. The smallest absolute Gasteiger partial charge is 0.208 e. The number of nitrogens with zero attached hydrogens (tertiary/aromatic N) is 1. The van der Waals surface area contributed by atoms with Gasteiger partial charge in [0.15, 0.2) is 5.79 Å². The lowest BCUT2D eigenvalue weighted by Crippen LogP contribution is -2.50. The molecule has 1 aliphatic heterocycles. The highest BCUT2D eigenvalue weighted by atomic mass is 16.7. The van der Waals surface area contributed by atoms with Crippen LogP contribution in [0.3, 0.4) is 0 Å². The Morgan fingerprint density at radius 2 is 1.80 bits per heavy atom. The summed E-state index contributed by atoms with van der Waals surface area (Å²) in [6, 6.07) is 2.17. The highest BCUT2D eigenvalue weighted by molar-refractivity contribution is 5.49.